The molecule has 3 nitrogen and oxygen atoms in total. The van der Waals surface area contributed by atoms with Crippen LogP contribution in [0.1, 0.15) is 49.0 Å². The summed E-state index contributed by atoms with van der Waals surface area (Å²) in [4.78, 5) is 14.7. The smallest absolute Gasteiger partial charge is 0.172 e. The molecular weight excluding hydrogens is 214 g/mol. The van der Waals surface area contributed by atoms with Crippen LogP contribution < -0.4 is 4.74 Å². The van der Waals surface area contributed by atoms with Crippen LogP contribution in [0.2, 0.25) is 0 Å². The summed E-state index contributed by atoms with van der Waals surface area (Å²) in [5.41, 5.74) is 0.399. The predicted molar refractivity (Wildman–Crippen MR) is 66.3 cm³/mol. The zero-order valence-corrected chi connectivity index (χ0v) is 10.1. The first-order chi connectivity index (χ1) is 8.40. The van der Waals surface area contributed by atoms with Crippen molar-refractivity contribution in [1.82, 2.24) is 4.98 Å². The van der Waals surface area contributed by atoms with Gasteiger partial charge in [-0.15, -0.1) is 0 Å². The zero-order chi connectivity index (χ0) is 11.9. The molecule has 0 unspecified atom stereocenters. The molecule has 1 fully saturated rings. The fourth-order valence-corrected chi connectivity index (χ4v) is 2.42. The van der Waals surface area contributed by atoms with Crippen molar-refractivity contribution in [2.75, 3.05) is 6.61 Å². The van der Waals surface area contributed by atoms with E-state index < -0.39 is 0 Å². The van der Waals surface area contributed by atoms with Gasteiger partial charge in [-0.1, -0.05) is 32.1 Å². The highest BCUT2D eigenvalue weighted by Gasteiger charge is 2.13. The normalized spacial score (nSPS) is 16.7. The van der Waals surface area contributed by atoms with Gasteiger partial charge in [0.15, 0.2) is 6.29 Å². The van der Waals surface area contributed by atoms with Crippen molar-refractivity contribution in [2.24, 2.45) is 5.92 Å². The van der Waals surface area contributed by atoms with Crippen molar-refractivity contribution in [1.29, 1.82) is 0 Å². The molecule has 0 bridgehead atoms. The highest BCUT2D eigenvalue weighted by atomic mass is 16.5. The average Bonchev–Trinajstić information content (AvgIpc) is 2.40. The third kappa shape index (κ3) is 3.55. The number of pyridine rings is 1. The summed E-state index contributed by atoms with van der Waals surface area (Å²) in [5, 5.41) is 0. The quantitative estimate of drug-likeness (QED) is 0.733. The van der Waals surface area contributed by atoms with E-state index in [1.54, 1.807) is 18.3 Å². The molecule has 0 radical (unpaired) electrons. The first-order valence-electron chi connectivity index (χ1n) is 6.43. The maximum absolute atomic E-state index is 10.7. The molecule has 0 saturated heterocycles. The van der Waals surface area contributed by atoms with E-state index in [2.05, 4.69) is 4.98 Å². The van der Waals surface area contributed by atoms with Crippen molar-refractivity contribution in [3.05, 3.63) is 24.0 Å². The minimum absolute atomic E-state index is 0.399. The molecule has 0 amide bonds. The van der Waals surface area contributed by atoms with Gasteiger partial charge in [-0.25, -0.2) is 4.98 Å². The first kappa shape index (κ1) is 12.1. The van der Waals surface area contributed by atoms with Crippen LogP contribution >= 0.6 is 0 Å². The Kier molecular flexibility index (Phi) is 4.54. The highest BCUT2D eigenvalue weighted by Crippen LogP contribution is 2.26. The lowest BCUT2D eigenvalue weighted by Crippen LogP contribution is -2.11. The van der Waals surface area contributed by atoms with Crippen LogP contribution in [-0.4, -0.2) is 17.9 Å². The third-order valence-corrected chi connectivity index (χ3v) is 3.42. The molecular formula is C14H19NO2. The lowest BCUT2D eigenvalue weighted by Gasteiger charge is -2.21. The van der Waals surface area contributed by atoms with E-state index in [1.165, 1.54) is 32.1 Å². The molecule has 17 heavy (non-hydrogen) atoms. The van der Waals surface area contributed by atoms with Gasteiger partial charge in [0.2, 0.25) is 0 Å². The Hall–Kier alpha value is -1.38. The minimum atomic E-state index is 0.399. The number of aromatic nitrogens is 1. The van der Waals surface area contributed by atoms with Crippen molar-refractivity contribution in [3.63, 3.8) is 0 Å². The van der Waals surface area contributed by atoms with Gasteiger partial charge in [0.1, 0.15) is 11.4 Å². The van der Waals surface area contributed by atoms with E-state index in [9.17, 15) is 4.79 Å². The van der Waals surface area contributed by atoms with E-state index in [0.717, 1.165) is 18.6 Å². The Morgan fingerprint density at radius 2 is 2.18 bits per heavy atom. The standard InChI is InChI=1S/C14H19NO2/c16-11-13-14(7-4-9-15-13)17-10-8-12-5-2-1-3-6-12/h4,7,9,11-12H,1-3,5-6,8,10H2. The van der Waals surface area contributed by atoms with Crippen LogP contribution in [0.15, 0.2) is 18.3 Å². The summed E-state index contributed by atoms with van der Waals surface area (Å²) < 4.78 is 5.64. The number of hydrogen-bond acceptors (Lipinski definition) is 3. The molecule has 1 heterocycles. The topological polar surface area (TPSA) is 39.2 Å². The van der Waals surface area contributed by atoms with Crippen molar-refractivity contribution < 1.29 is 9.53 Å². The molecule has 0 aromatic carbocycles. The molecule has 2 rings (SSSR count). The number of hydrogen-bond donors (Lipinski definition) is 0. The average molecular weight is 233 g/mol. The lowest BCUT2D eigenvalue weighted by atomic mass is 9.87. The molecule has 3 heteroatoms. The maximum Gasteiger partial charge on any atom is 0.172 e. The Balaban J connectivity index is 1.79. The molecule has 0 aliphatic heterocycles. The third-order valence-electron chi connectivity index (χ3n) is 3.42. The lowest BCUT2D eigenvalue weighted by molar-refractivity contribution is 0.111. The van der Waals surface area contributed by atoms with Gasteiger partial charge in [-0.05, 0) is 24.5 Å². The maximum atomic E-state index is 10.7. The van der Waals surface area contributed by atoms with Crippen molar-refractivity contribution in [3.8, 4) is 5.75 Å². The number of carbonyl (C=O) groups excluding carboxylic acids is 1. The van der Waals surface area contributed by atoms with E-state index in [1.807, 2.05) is 0 Å². The number of nitrogens with zero attached hydrogens (tertiary/aromatic N) is 1. The second-order valence-electron chi connectivity index (χ2n) is 4.65. The SMILES string of the molecule is O=Cc1ncccc1OCCC1CCCCC1. The highest BCUT2D eigenvalue weighted by molar-refractivity contribution is 5.75. The molecule has 1 aromatic heterocycles. The molecule has 0 N–H and O–H groups in total. The fraction of sp³-hybridized carbons (Fsp3) is 0.571. The molecule has 0 spiro atoms. The van der Waals surface area contributed by atoms with E-state index >= 15 is 0 Å². The Bertz CT molecular complexity index is 359. The summed E-state index contributed by atoms with van der Waals surface area (Å²) in [7, 11) is 0. The van der Waals surface area contributed by atoms with Gasteiger partial charge in [0.05, 0.1) is 6.61 Å². The van der Waals surface area contributed by atoms with Gasteiger partial charge in [-0.2, -0.15) is 0 Å². The van der Waals surface area contributed by atoms with Gasteiger partial charge >= 0.3 is 0 Å². The number of rotatable bonds is 5. The molecule has 1 aliphatic rings. The number of aldehydes is 1. The second-order valence-corrected chi connectivity index (χ2v) is 4.65. The van der Waals surface area contributed by atoms with Gasteiger partial charge in [-0.3, -0.25) is 4.79 Å². The Morgan fingerprint density at radius 3 is 2.94 bits per heavy atom. The predicted octanol–water partition coefficient (Wildman–Crippen LogP) is 3.24. The van der Waals surface area contributed by atoms with Crippen molar-refractivity contribution >= 4 is 6.29 Å². The van der Waals surface area contributed by atoms with Gasteiger partial charge < -0.3 is 4.74 Å². The Labute approximate surface area is 102 Å². The molecule has 0 atom stereocenters. The van der Waals surface area contributed by atoms with Crippen LogP contribution in [0.3, 0.4) is 0 Å². The number of ether oxygens (including phenoxy) is 1. The van der Waals surface area contributed by atoms with Crippen LogP contribution in [0.5, 0.6) is 5.75 Å². The summed E-state index contributed by atoms with van der Waals surface area (Å²) in [6.45, 7) is 0.692. The monoisotopic (exact) mass is 233 g/mol. The van der Waals surface area contributed by atoms with E-state index in [-0.39, 0.29) is 0 Å². The summed E-state index contributed by atoms with van der Waals surface area (Å²) >= 11 is 0. The van der Waals surface area contributed by atoms with Crippen LogP contribution in [0, 0.1) is 5.92 Å². The van der Waals surface area contributed by atoms with Gasteiger partial charge in [0.25, 0.3) is 0 Å². The molecule has 1 aliphatic carbocycles. The Morgan fingerprint density at radius 1 is 1.35 bits per heavy atom. The van der Waals surface area contributed by atoms with E-state index in [4.69, 9.17) is 4.74 Å². The minimum Gasteiger partial charge on any atom is -0.491 e. The summed E-state index contributed by atoms with van der Waals surface area (Å²) in [5.74, 6) is 1.42. The zero-order valence-electron chi connectivity index (χ0n) is 10.1. The molecule has 1 saturated carbocycles. The second kappa shape index (κ2) is 6.38. The number of carbonyl (C=O) groups is 1. The van der Waals surface area contributed by atoms with E-state index in [0.29, 0.717) is 18.1 Å². The first-order valence-corrected chi connectivity index (χ1v) is 6.43. The largest absolute Gasteiger partial charge is 0.491 e. The fourth-order valence-electron chi connectivity index (χ4n) is 2.42. The van der Waals surface area contributed by atoms with Crippen molar-refractivity contribution in [2.45, 2.75) is 38.5 Å². The van der Waals surface area contributed by atoms with Crippen LogP contribution in [0.25, 0.3) is 0 Å². The molecule has 92 valence electrons. The summed E-state index contributed by atoms with van der Waals surface area (Å²) in [6, 6.07) is 3.60. The summed E-state index contributed by atoms with van der Waals surface area (Å²) in [6.07, 6.45) is 10.2. The van der Waals surface area contributed by atoms with Crippen LogP contribution in [-0.2, 0) is 0 Å². The van der Waals surface area contributed by atoms with Crippen LogP contribution in [0.4, 0.5) is 0 Å². The molecule has 1 aromatic rings. The van der Waals surface area contributed by atoms with Gasteiger partial charge in [0, 0.05) is 6.20 Å².